The first-order chi connectivity index (χ1) is 16.8. The predicted octanol–water partition coefficient (Wildman–Crippen LogP) is 5.32. The number of carbonyl (C=O) groups excluding carboxylic acids is 1. The second-order valence-electron chi connectivity index (χ2n) is 9.95. The molecule has 7 heteroatoms. The molecule has 0 unspecified atom stereocenters. The Balaban J connectivity index is 4.00. The van der Waals surface area contributed by atoms with Gasteiger partial charge in [0.05, 0.1) is 39.0 Å². The van der Waals surface area contributed by atoms with Crippen LogP contribution in [0.1, 0.15) is 122 Å². The van der Waals surface area contributed by atoms with E-state index in [1.807, 2.05) is 0 Å². The van der Waals surface area contributed by atoms with Crippen molar-refractivity contribution in [2.75, 3.05) is 26.2 Å². The molecule has 0 rings (SSSR count). The van der Waals surface area contributed by atoms with Gasteiger partial charge in [-0.1, -0.05) is 82.8 Å². The van der Waals surface area contributed by atoms with E-state index >= 15 is 0 Å². The highest BCUT2D eigenvalue weighted by molar-refractivity contribution is 5.67. The van der Waals surface area contributed by atoms with E-state index in [9.17, 15) is 19.5 Å². The molecule has 0 spiro atoms. The number of unbranched alkanes of at least 4 members (excludes halogenated alkanes) is 14. The minimum Gasteiger partial charge on any atom is -0.550 e. The van der Waals surface area contributed by atoms with E-state index in [1.54, 1.807) is 0 Å². The van der Waals surface area contributed by atoms with Crippen molar-refractivity contribution in [3.63, 3.8) is 0 Å². The van der Waals surface area contributed by atoms with Crippen LogP contribution < -0.4 is 5.11 Å². The molecule has 0 aromatic carbocycles. The molecule has 0 heterocycles. The van der Waals surface area contributed by atoms with E-state index in [1.165, 1.54) is 77.0 Å². The van der Waals surface area contributed by atoms with Crippen LogP contribution in [0.5, 0.6) is 0 Å². The van der Waals surface area contributed by atoms with Crippen molar-refractivity contribution < 1.29 is 34.2 Å². The second kappa shape index (κ2) is 22.6. The third kappa shape index (κ3) is 22.3. The van der Waals surface area contributed by atoms with Crippen LogP contribution in [-0.2, 0) is 14.4 Å². The van der Waals surface area contributed by atoms with Crippen molar-refractivity contribution in [1.82, 2.24) is 0 Å². The molecule has 0 aliphatic rings. The average molecular weight is 498 g/mol. The molecule has 35 heavy (non-hydrogen) atoms. The van der Waals surface area contributed by atoms with Gasteiger partial charge in [-0.05, 0) is 32.6 Å². The number of carboxylic acids is 3. The van der Waals surface area contributed by atoms with Crippen molar-refractivity contribution in [2.24, 2.45) is 0 Å². The van der Waals surface area contributed by atoms with Crippen molar-refractivity contribution in [3.05, 3.63) is 12.2 Å². The summed E-state index contributed by atoms with van der Waals surface area (Å²) in [5.41, 5.74) is 0. The van der Waals surface area contributed by atoms with Gasteiger partial charge < -0.3 is 24.6 Å². The van der Waals surface area contributed by atoms with Crippen molar-refractivity contribution in [2.45, 2.75) is 122 Å². The Morgan fingerprint density at radius 2 is 0.971 bits per heavy atom. The van der Waals surface area contributed by atoms with Crippen LogP contribution in [0, 0.1) is 0 Å². The summed E-state index contributed by atoms with van der Waals surface area (Å²) < 4.78 is 0.225. The number of quaternary nitrogens is 1. The smallest absolute Gasteiger partial charge is 0.309 e. The fourth-order valence-corrected chi connectivity index (χ4v) is 4.66. The second-order valence-corrected chi connectivity index (χ2v) is 9.95. The maximum atomic E-state index is 11.1. The Morgan fingerprint density at radius 3 is 1.34 bits per heavy atom. The lowest BCUT2D eigenvalue weighted by molar-refractivity contribution is -0.927. The summed E-state index contributed by atoms with van der Waals surface area (Å²) in [6.07, 6.45) is 22.5. The van der Waals surface area contributed by atoms with Crippen LogP contribution in [-0.4, -0.2) is 58.8 Å². The molecule has 0 saturated carbocycles. The van der Waals surface area contributed by atoms with Gasteiger partial charge in [0.15, 0.2) is 0 Å². The van der Waals surface area contributed by atoms with Gasteiger partial charge >= 0.3 is 11.9 Å². The molecule has 7 nitrogen and oxygen atoms in total. The van der Waals surface area contributed by atoms with Crippen molar-refractivity contribution >= 4 is 17.9 Å². The quantitative estimate of drug-likeness (QED) is 0.0949. The fraction of sp³-hybridized carbons (Fsp3) is 0.821. The van der Waals surface area contributed by atoms with E-state index in [-0.39, 0.29) is 43.4 Å². The molecular weight excluding hydrogens is 446 g/mol. The van der Waals surface area contributed by atoms with Crippen LogP contribution in [0.15, 0.2) is 12.2 Å². The molecular formula is C28H51NO6. The molecule has 0 atom stereocenters. The minimum absolute atomic E-state index is 0.0940. The van der Waals surface area contributed by atoms with E-state index in [4.69, 9.17) is 10.2 Å². The van der Waals surface area contributed by atoms with E-state index in [0.717, 1.165) is 19.3 Å². The van der Waals surface area contributed by atoms with Crippen LogP contribution in [0.25, 0.3) is 0 Å². The number of carboxylic acid groups (broad SMARTS) is 3. The molecule has 204 valence electrons. The van der Waals surface area contributed by atoms with E-state index in [0.29, 0.717) is 6.54 Å². The first-order valence-corrected chi connectivity index (χ1v) is 13.9. The van der Waals surface area contributed by atoms with Crippen LogP contribution in [0.4, 0.5) is 0 Å². The molecule has 2 N–H and O–H groups in total. The molecule has 0 radical (unpaired) electrons. The molecule has 0 amide bonds. The van der Waals surface area contributed by atoms with E-state index in [2.05, 4.69) is 19.1 Å². The van der Waals surface area contributed by atoms with Gasteiger partial charge in [0.25, 0.3) is 0 Å². The Kier molecular flexibility index (Phi) is 21.3. The summed E-state index contributed by atoms with van der Waals surface area (Å²) in [6, 6.07) is 0. The highest BCUT2D eigenvalue weighted by atomic mass is 16.4. The van der Waals surface area contributed by atoms with Crippen molar-refractivity contribution in [3.8, 4) is 0 Å². The number of hydrogen-bond donors (Lipinski definition) is 2. The van der Waals surface area contributed by atoms with Gasteiger partial charge in [0.1, 0.15) is 0 Å². The summed E-state index contributed by atoms with van der Waals surface area (Å²) in [7, 11) is 0. The largest absolute Gasteiger partial charge is 0.550 e. The SMILES string of the molecule is C/C=C/CCCCCCCCCCCCCCCC[N+](CCC(=O)[O-])(CCC(=O)O)CCC(=O)O. The summed E-state index contributed by atoms with van der Waals surface area (Å²) in [5.74, 6) is -3.08. The Bertz CT molecular complexity index is 544. The lowest BCUT2D eigenvalue weighted by Crippen LogP contribution is -2.53. The summed E-state index contributed by atoms with van der Waals surface area (Å²) >= 11 is 0. The number of allylic oxidation sites excluding steroid dienone is 2. The Morgan fingerprint density at radius 1 is 0.600 bits per heavy atom. The zero-order valence-electron chi connectivity index (χ0n) is 22.2. The van der Waals surface area contributed by atoms with Gasteiger partial charge in [0, 0.05) is 12.4 Å². The van der Waals surface area contributed by atoms with Gasteiger partial charge in [0.2, 0.25) is 0 Å². The summed E-state index contributed by atoms with van der Waals surface area (Å²) in [5, 5.41) is 29.2. The maximum Gasteiger partial charge on any atom is 0.309 e. The number of rotatable bonds is 26. The molecule has 0 saturated heterocycles. The monoisotopic (exact) mass is 497 g/mol. The van der Waals surface area contributed by atoms with Gasteiger partial charge in [-0.2, -0.15) is 0 Å². The topological polar surface area (TPSA) is 115 Å². The normalized spacial score (nSPS) is 11.8. The number of carbonyl (C=O) groups is 3. The highest BCUT2D eigenvalue weighted by Crippen LogP contribution is 2.17. The van der Waals surface area contributed by atoms with Gasteiger partial charge in [-0.15, -0.1) is 0 Å². The summed E-state index contributed by atoms with van der Waals surface area (Å²) in [6.45, 7) is 3.42. The average Bonchev–Trinajstić information content (AvgIpc) is 2.81. The van der Waals surface area contributed by atoms with Crippen LogP contribution >= 0.6 is 0 Å². The minimum atomic E-state index is -1.18. The molecule has 0 bridgehead atoms. The first kappa shape index (κ1) is 33.1. The van der Waals surface area contributed by atoms with E-state index < -0.39 is 17.9 Å². The molecule has 0 fully saturated rings. The van der Waals surface area contributed by atoms with Crippen LogP contribution in [0.3, 0.4) is 0 Å². The lowest BCUT2D eigenvalue weighted by atomic mass is 10.0. The third-order valence-corrected chi connectivity index (χ3v) is 6.88. The van der Waals surface area contributed by atoms with Crippen LogP contribution in [0.2, 0.25) is 0 Å². The number of aliphatic carboxylic acids is 3. The molecule has 0 aliphatic carbocycles. The van der Waals surface area contributed by atoms with Gasteiger partial charge in [-0.3, -0.25) is 9.59 Å². The molecule has 0 aromatic heterocycles. The highest BCUT2D eigenvalue weighted by Gasteiger charge is 2.28. The fourth-order valence-electron chi connectivity index (χ4n) is 4.66. The Hall–Kier alpha value is -1.89. The maximum absolute atomic E-state index is 11.1. The number of nitrogens with zero attached hydrogens (tertiary/aromatic N) is 1. The van der Waals surface area contributed by atoms with Crippen molar-refractivity contribution in [1.29, 1.82) is 0 Å². The zero-order valence-corrected chi connectivity index (χ0v) is 22.2. The van der Waals surface area contributed by atoms with Gasteiger partial charge in [-0.25, -0.2) is 0 Å². The standard InChI is InChI=1S/C28H51NO6/c1-2-3-4-5-6-7-8-9-10-11-12-13-14-15-16-17-18-22-29(23-19-26(30)31,24-20-27(32)33)25-21-28(34)35/h2-3H,4-25H2,1H3,(H2-,30,31,32,33,34,35)/b3-2+. The first-order valence-electron chi connectivity index (χ1n) is 13.9. The third-order valence-electron chi connectivity index (χ3n) is 6.88. The molecule has 0 aliphatic heterocycles. The molecule has 0 aromatic rings. The predicted molar refractivity (Wildman–Crippen MR) is 138 cm³/mol. The number of hydrogen-bond acceptors (Lipinski definition) is 4. The lowest BCUT2D eigenvalue weighted by Gasteiger charge is -2.38. The summed E-state index contributed by atoms with van der Waals surface area (Å²) in [4.78, 5) is 33.2. The Labute approximate surface area is 213 Å². The zero-order chi connectivity index (χ0) is 26.2.